The fourth-order valence-corrected chi connectivity index (χ4v) is 2.22. The van der Waals surface area contributed by atoms with Gasteiger partial charge in [-0.3, -0.25) is 9.69 Å². The molecule has 1 unspecified atom stereocenters. The van der Waals surface area contributed by atoms with Crippen molar-refractivity contribution < 1.29 is 19.4 Å². The molecule has 1 aromatic carbocycles. The molecule has 6 heteroatoms. The number of cyclic esters (lactones) is 1. The molecule has 0 aliphatic carbocycles. The van der Waals surface area contributed by atoms with Crippen molar-refractivity contribution in [3.8, 4) is 0 Å². The van der Waals surface area contributed by atoms with Crippen LogP contribution in [-0.2, 0) is 9.53 Å². The molecule has 2 rings (SSSR count). The maximum atomic E-state index is 11.7. The molecule has 1 heterocycles. The fraction of sp³-hybridized carbons (Fsp3) is 0.333. The second-order valence-electron chi connectivity index (χ2n) is 4.13. The van der Waals surface area contributed by atoms with Crippen LogP contribution in [0.2, 0.25) is 5.02 Å². The third-order valence-corrected chi connectivity index (χ3v) is 3.02. The van der Waals surface area contributed by atoms with Crippen LogP contribution in [0.15, 0.2) is 18.2 Å². The van der Waals surface area contributed by atoms with E-state index in [0.717, 1.165) is 5.56 Å². The summed E-state index contributed by atoms with van der Waals surface area (Å²) in [5.74, 6) is -0.963. The standard InChI is InChI=1S/C12H12ClNO4/c1-7-4-8(13)2-3-10(7)14-9(5-11(15)16)6-18-12(14)17/h2-4,9H,5-6H2,1H3,(H,15,16). The molecule has 0 aromatic heterocycles. The molecule has 1 saturated heterocycles. The molecule has 1 aliphatic heterocycles. The Labute approximate surface area is 109 Å². The van der Waals surface area contributed by atoms with E-state index in [9.17, 15) is 9.59 Å². The van der Waals surface area contributed by atoms with Crippen molar-refractivity contribution in [2.24, 2.45) is 0 Å². The fourth-order valence-electron chi connectivity index (χ4n) is 2.00. The highest BCUT2D eigenvalue weighted by atomic mass is 35.5. The molecule has 0 spiro atoms. The van der Waals surface area contributed by atoms with Crippen molar-refractivity contribution in [3.05, 3.63) is 28.8 Å². The maximum Gasteiger partial charge on any atom is 0.414 e. The normalized spacial score (nSPS) is 18.9. The van der Waals surface area contributed by atoms with E-state index in [0.29, 0.717) is 10.7 Å². The number of hydrogen-bond donors (Lipinski definition) is 1. The summed E-state index contributed by atoms with van der Waals surface area (Å²) < 4.78 is 4.91. The first-order valence-electron chi connectivity index (χ1n) is 5.43. The van der Waals surface area contributed by atoms with Crippen LogP contribution in [0.1, 0.15) is 12.0 Å². The number of hydrogen-bond acceptors (Lipinski definition) is 3. The summed E-state index contributed by atoms with van der Waals surface area (Å²) in [6, 6.07) is 4.60. The maximum absolute atomic E-state index is 11.7. The van der Waals surface area contributed by atoms with Gasteiger partial charge in [-0.1, -0.05) is 11.6 Å². The zero-order valence-electron chi connectivity index (χ0n) is 9.72. The average molecular weight is 270 g/mol. The minimum absolute atomic E-state index is 0.0905. The van der Waals surface area contributed by atoms with Crippen molar-refractivity contribution >= 4 is 29.4 Å². The first-order valence-corrected chi connectivity index (χ1v) is 5.81. The van der Waals surface area contributed by atoms with E-state index < -0.39 is 18.1 Å². The van der Waals surface area contributed by atoms with Gasteiger partial charge in [0.1, 0.15) is 6.61 Å². The van der Waals surface area contributed by atoms with Gasteiger partial charge in [0.25, 0.3) is 0 Å². The summed E-state index contributed by atoms with van der Waals surface area (Å²) in [5.41, 5.74) is 1.44. The van der Waals surface area contributed by atoms with E-state index in [1.54, 1.807) is 18.2 Å². The molecule has 1 fully saturated rings. The summed E-state index contributed by atoms with van der Waals surface area (Å²) in [7, 11) is 0. The lowest BCUT2D eigenvalue weighted by Gasteiger charge is -2.22. The minimum atomic E-state index is -0.963. The number of carboxylic acids is 1. The Hall–Kier alpha value is -1.75. The van der Waals surface area contributed by atoms with Crippen LogP contribution in [0.4, 0.5) is 10.5 Å². The number of carbonyl (C=O) groups excluding carboxylic acids is 1. The lowest BCUT2D eigenvalue weighted by molar-refractivity contribution is -0.137. The van der Waals surface area contributed by atoms with E-state index >= 15 is 0 Å². The van der Waals surface area contributed by atoms with Gasteiger partial charge in [-0.05, 0) is 30.7 Å². The van der Waals surface area contributed by atoms with Crippen LogP contribution in [0, 0.1) is 6.92 Å². The van der Waals surface area contributed by atoms with Crippen molar-refractivity contribution in [3.63, 3.8) is 0 Å². The van der Waals surface area contributed by atoms with Crippen LogP contribution < -0.4 is 4.90 Å². The molecule has 96 valence electrons. The summed E-state index contributed by atoms with van der Waals surface area (Å²) in [4.78, 5) is 23.8. The molecular formula is C12H12ClNO4. The van der Waals surface area contributed by atoms with Crippen molar-refractivity contribution in [2.45, 2.75) is 19.4 Å². The van der Waals surface area contributed by atoms with Gasteiger partial charge in [-0.2, -0.15) is 0 Å². The topological polar surface area (TPSA) is 66.8 Å². The summed E-state index contributed by atoms with van der Waals surface area (Å²) in [5, 5.41) is 9.39. The van der Waals surface area contributed by atoms with E-state index in [4.69, 9.17) is 21.4 Å². The van der Waals surface area contributed by atoms with E-state index in [1.165, 1.54) is 4.90 Å². The SMILES string of the molecule is Cc1cc(Cl)ccc1N1C(=O)OCC1CC(=O)O. The second kappa shape index (κ2) is 4.86. The predicted molar refractivity (Wildman–Crippen MR) is 66.1 cm³/mol. The number of nitrogens with zero attached hydrogens (tertiary/aromatic N) is 1. The predicted octanol–water partition coefficient (Wildman–Crippen LogP) is 2.45. The Morgan fingerprint density at radius 1 is 1.61 bits per heavy atom. The van der Waals surface area contributed by atoms with Gasteiger partial charge < -0.3 is 9.84 Å². The number of carbonyl (C=O) groups is 2. The molecule has 0 bridgehead atoms. The Bertz CT molecular complexity index is 503. The largest absolute Gasteiger partial charge is 0.481 e. The number of carboxylic acid groups (broad SMARTS) is 1. The Morgan fingerprint density at radius 3 is 2.94 bits per heavy atom. The van der Waals surface area contributed by atoms with Crippen LogP contribution in [0.3, 0.4) is 0 Å². The zero-order chi connectivity index (χ0) is 13.3. The molecule has 1 N–H and O–H groups in total. The van der Waals surface area contributed by atoms with Gasteiger partial charge in [0.2, 0.25) is 0 Å². The van der Waals surface area contributed by atoms with E-state index in [-0.39, 0.29) is 13.0 Å². The van der Waals surface area contributed by atoms with Gasteiger partial charge in [0, 0.05) is 5.02 Å². The summed E-state index contributed by atoms with van der Waals surface area (Å²) >= 11 is 5.85. The number of aliphatic carboxylic acids is 1. The highest BCUT2D eigenvalue weighted by Gasteiger charge is 2.36. The molecule has 1 atom stereocenters. The van der Waals surface area contributed by atoms with E-state index in [2.05, 4.69) is 0 Å². The summed E-state index contributed by atoms with van der Waals surface area (Å²) in [6.45, 7) is 1.90. The molecule has 1 aromatic rings. The summed E-state index contributed by atoms with van der Waals surface area (Å²) in [6.07, 6.45) is -0.667. The Kier molecular flexibility index (Phi) is 3.43. The zero-order valence-corrected chi connectivity index (χ0v) is 10.5. The lowest BCUT2D eigenvalue weighted by atomic mass is 10.1. The molecule has 0 saturated carbocycles. The van der Waals surface area contributed by atoms with Crippen molar-refractivity contribution in [2.75, 3.05) is 11.5 Å². The van der Waals surface area contributed by atoms with Gasteiger partial charge in [0.15, 0.2) is 0 Å². The monoisotopic (exact) mass is 269 g/mol. The lowest BCUT2D eigenvalue weighted by Crippen LogP contribution is -2.35. The van der Waals surface area contributed by atoms with Crippen molar-refractivity contribution in [1.82, 2.24) is 0 Å². The first-order chi connectivity index (χ1) is 8.49. The number of anilines is 1. The van der Waals surface area contributed by atoms with Crippen LogP contribution >= 0.6 is 11.6 Å². The van der Waals surface area contributed by atoms with Gasteiger partial charge in [-0.25, -0.2) is 4.79 Å². The number of amides is 1. The highest BCUT2D eigenvalue weighted by Crippen LogP contribution is 2.29. The Morgan fingerprint density at radius 2 is 2.33 bits per heavy atom. The molecule has 1 amide bonds. The Balaban J connectivity index is 2.33. The third kappa shape index (κ3) is 2.41. The average Bonchev–Trinajstić information content (AvgIpc) is 2.60. The van der Waals surface area contributed by atoms with Crippen molar-refractivity contribution in [1.29, 1.82) is 0 Å². The smallest absolute Gasteiger partial charge is 0.414 e. The number of aryl methyl sites for hydroxylation is 1. The molecule has 5 nitrogen and oxygen atoms in total. The number of benzene rings is 1. The number of halogens is 1. The van der Waals surface area contributed by atoms with Gasteiger partial charge >= 0.3 is 12.1 Å². The van der Waals surface area contributed by atoms with Crippen LogP contribution in [0.25, 0.3) is 0 Å². The third-order valence-electron chi connectivity index (χ3n) is 2.79. The highest BCUT2D eigenvalue weighted by molar-refractivity contribution is 6.30. The minimum Gasteiger partial charge on any atom is -0.481 e. The van der Waals surface area contributed by atoms with E-state index in [1.807, 2.05) is 6.92 Å². The number of rotatable bonds is 3. The molecule has 0 radical (unpaired) electrons. The molecule has 18 heavy (non-hydrogen) atoms. The van der Waals surface area contributed by atoms with Crippen LogP contribution in [0.5, 0.6) is 0 Å². The quantitative estimate of drug-likeness (QED) is 0.915. The molecule has 1 aliphatic rings. The van der Waals surface area contributed by atoms with Gasteiger partial charge in [0.05, 0.1) is 18.2 Å². The first kappa shape index (κ1) is 12.7. The van der Waals surface area contributed by atoms with Gasteiger partial charge in [-0.15, -0.1) is 0 Å². The second-order valence-corrected chi connectivity index (χ2v) is 4.57. The van der Waals surface area contributed by atoms with Crippen LogP contribution in [-0.4, -0.2) is 29.8 Å². The number of ether oxygens (including phenoxy) is 1. The molecular weight excluding hydrogens is 258 g/mol.